The summed E-state index contributed by atoms with van der Waals surface area (Å²) in [6.07, 6.45) is 5.06. The van der Waals surface area contributed by atoms with Gasteiger partial charge in [0, 0.05) is 11.8 Å². The first-order chi connectivity index (χ1) is 15.0. The molecular formula is C27H44O4Si. The average molecular weight is 461 g/mol. The number of hydrogen-bond acceptors (Lipinski definition) is 4. The molecule has 0 N–H and O–H groups in total. The van der Waals surface area contributed by atoms with Crippen LogP contribution in [-0.4, -0.2) is 40.3 Å². The van der Waals surface area contributed by atoms with Gasteiger partial charge in [0.1, 0.15) is 5.75 Å². The van der Waals surface area contributed by atoms with Crippen LogP contribution in [0.1, 0.15) is 58.9 Å². The molecule has 32 heavy (non-hydrogen) atoms. The van der Waals surface area contributed by atoms with E-state index in [-0.39, 0.29) is 23.4 Å². The number of hydrogen-bond donors (Lipinski definition) is 0. The monoisotopic (exact) mass is 460 g/mol. The fourth-order valence-corrected chi connectivity index (χ4v) is 6.14. The SMILES string of the molecule is C=C(C)[C@@H]1CC[C@H]([C@H]2CC[C@H](OCc3ccc(OC)cc3)CO2)[C@H]1O[Si](C)(C)C(C)(C)C. The maximum absolute atomic E-state index is 7.01. The summed E-state index contributed by atoms with van der Waals surface area (Å²) in [7, 11) is -0.177. The summed E-state index contributed by atoms with van der Waals surface area (Å²) >= 11 is 0. The summed E-state index contributed by atoms with van der Waals surface area (Å²) in [5.41, 5.74) is 2.42. The molecule has 1 aliphatic carbocycles. The molecule has 2 aliphatic rings. The van der Waals surface area contributed by atoms with Crippen molar-refractivity contribution in [3.8, 4) is 5.75 Å². The Labute approximate surface area is 196 Å². The lowest BCUT2D eigenvalue weighted by molar-refractivity contribution is -0.118. The van der Waals surface area contributed by atoms with Gasteiger partial charge in [-0.15, -0.1) is 0 Å². The Morgan fingerprint density at radius 1 is 1.09 bits per heavy atom. The Kier molecular flexibility index (Phi) is 8.29. The average Bonchev–Trinajstić information content (AvgIpc) is 3.15. The van der Waals surface area contributed by atoms with Gasteiger partial charge in [0.15, 0.2) is 8.32 Å². The second-order valence-corrected chi connectivity index (χ2v) is 16.0. The summed E-state index contributed by atoms with van der Waals surface area (Å²) in [5.74, 6) is 1.77. The van der Waals surface area contributed by atoms with Gasteiger partial charge in [0.25, 0.3) is 0 Å². The predicted molar refractivity (Wildman–Crippen MR) is 134 cm³/mol. The van der Waals surface area contributed by atoms with E-state index >= 15 is 0 Å². The summed E-state index contributed by atoms with van der Waals surface area (Å²) in [4.78, 5) is 0. The van der Waals surface area contributed by atoms with Crippen molar-refractivity contribution in [1.82, 2.24) is 0 Å². The second-order valence-electron chi connectivity index (χ2n) is 11.3. The fraction of sp³-hybridized carbons (Fsp3) is 0.704. The molecule has 5 atom stereocenters. The van der Waals surface area contributed by atoms with Crippen molar-refractivity contribution >= 4 is 8.32 Å². The molecule has 180 valence electrons. The zero-order valence-corrected chi connectivity index (χ0v) is 22.3. The van der Waals surface area contributed by atoms with Gasteiger partial charge in [-0.2, -0.15) is 0 Å². The van der Waals surface area contributed by atoms with E-state index in [0.29, 0.717) is 25.0 Å². The lowest BCUT2D eigenvalue weighted by Gasteiger charge is -2.43. The quantitative estimate of drug-likeness (QED) is 0.317. The van der Waals surface area contributed by atoms with Crippen molar-refractivity contribution in [3.05, 3.63) is 42.0 Å². The van der Waals surface area contributed by atoms with Crippen molar-refractivity contribution in [2.45, 2.75) is 96.4 Å². The molecular weight excluding hydrogens is 416 g/mol. The number of benzene rings is 1. The fourth-order valence-electron chi connectivity index (χ4n) is 4.76. The van der Waals surface area contributed by atoms with Gasteiger partial charge in [0.05, 0.1) is 38.6 Å². The third-order valence-electron chi connectivity index (χ3n) is 7.89. The summed E-state index contributed by atoms with van der Waals surface area (Å²) in [6, 6.07) is 8.08. The molecule has 1 heterocycles. The lowest BCUT2D eigenvalue weighted by atomic mass is 9.89. The predicted octanol–water partition coefficient (Wildman–Crippen LogP) is 6.75. The van der Waals surface area contributed by atoms with Gasteiger partial charge >= 0.3 is 0 Å². The van der Waals surface area contributed by atoms with E-state index in [4.69, 9.17) is 18.6 Å². The van der Waals surface area contributed by atoms with E-state index in [1.165, 1.54) is 12.0 Å². The smallest absolute Gasteiger partial charge is 0.192 e. The highest BCUT2D eigenvalue weighted by atomic mass is 28.4. The molecule has 2 fully saturated rings. The summed E-state index contributed by atoms with van der Waals surface area (Å²) < 4.78 is 24.8. The Balaban J connectivity index is 1.57. The second kappa shape index (κ2) is 10.4. The molecule has 0 radical (unpaired) electrons. The molecule has 0 aromatic heterocycles. The van der Waals surface area contributed by atoms with Crippen LogP contribution in [0.5, 0.6) is 5.75 Å². The summed E-state index contributed by atoms with van der Waals surface area (Å²) in [6.45, 7) is 19.4. The van der Waals surface area contributed by atoms with Crippen molar-refractivity contribution in [2.24, 2.45) is 11.8 Å². The molecule has 1 aromatic rings. The third kappa shape index (κ3) is 6.05. The number of ether oxygens (including phenoxy) is 3. The topological polar surface area (TPSA) is 36.9 Å². The van der Waals surface area contributed by atoms with Crippen LogP contribution in [-0.2, 0) is 20.5 Å². The molecule has 1 saturated carbocycles. The van der Waals surface area contributed by atoms with Gasteiger partial charge in [-0.05, 0) is 68.4 Å². The van der Waals surface area contributed by atoms with E-state index in [9.17, 15) is 0 Å². The van der Waals surface area contributed by atoms with Gasteiger partial charge in [-0.3, -0.25) is 0 Å². The number of rotatable bonds is 8. The van der Waals surface area contributed by atoms with E-state index < -0.39 is 8.32 Å². The maximum Gasteiger partial charge on any atom is 0.192 e. The number of methoxy groups -OCH3 is 1. The van der Waals surface area contributed by atoms with Gasteiger partial charge < -0.3 is 18.6 Å². The van der Waals surface area contributed by atoms with Crippen LogP contribution in [0.2, 0.25) is 18.1 Å². The molecule has 0 amide bonds. The van der Waals surface area contributed by atoms with E-state index in [1.807, 2.05) is 12.1 Å². The Bertz CT molecular complexity index is 744. The Morgan fingerprint density at radius 3 is 2.31 bits per heavy atom. The molecule has 1 saturated heterocycles. The highest BCUT2D eigenvalue weighted by Gasteiger charge is 2.48. The first kappa shape index (κ1) is 25.5. The standard InChI is InChI=1S/C27H44O4Si/c1-19(2)23-14-15-24(26(23)31-32(7,8)27(3,4)5)25-16-13-22(18-30-25)29-17-20-9-11-21(28-6)12-10-20/h9-12,22-26H,1,13-18H2,2-8H3/t22-,23-,24+,25+,26-/m0/s1. The van der Waals surface area contributed by atoms with Gasteiger partial charge in [-0.25, -0.2) is 0 Å². The van der Waals surface area contributed by atoms with Crippen molar-refractivity contribution in [2.75, 3.05) is 13.7 Å². The highest BCUT2D eigenvalue weighted by molar-refractivity contribution is 6.74. The summed E-state index contributed by atoms with van der Waals surface area (Å²) in [5, 5.41) is 0.202. The molecule has 5 heteroatoms. The Morgan fingerprint density at radius 2 is 1.78 bits per heavy atom. The van der Waals surface area contributed by atoms with Gasteiger partial charge in [0.2, 0.25) is 0 Å². The van der Waals surface area contributed by atoms with Crippen LogP contribution >= 0.6 is 0 Å². The lowest BCUT2D eigenvalue weighted by Crippen LogP contribution is -2.49. The minimum Gasteiger partial charge on any atom is -0.497 e. The normalized spacial score (nSPS) is 29.2. The van der Waals surface area contributed by atoms with Crippen LogP contribution in [0, 0.1) is 11.8 Å². The van der Waals surface area contributed by atoms with Gasteiger partial charge in [-0.1, -0.05) is 45.1 Å². The first-order valence-corrected chi connectivity index (χ1v) is 15.1. The molecule has 0 spiro atoms. The van der Waals surface area contributed by atoms with E-state index in [0.717, 1.165) is 30.6 Å². The van der Waals surface area contributed by atoms with Crippen LogP contribution < -0.4 is 4.74 Å². The zero-order chi connectivity index (χ0) is 23.5. The van der Waals surface area contributed by atoms with Crippen LogP contribution in [0.15, 0.2) is 36.4 Å². The maximum atomic E-state index is 7.01. The Hall–Kier alpha value is -1.14. The molecule has 1 aliphatic heterocycles. The van der Waals surface area contributed by atoms with Crippen molar-refractivity contribution < 1.29 is 18.6 Å². The van der Waals surface area contributed by atoms with Crippen LogP contribution in [0.4, 0.5) is 0 Å². The highest BCUT2D eigenvalue weighted by Crippen LogP contribution is 2.46. The molecule has 3 rings (SSSR count). The minimum atomic E-state index is -1.86. The first-order valence-electron chi connectivity index (χ1n) is 12.2. The molecule has 0 unspecified atom stereocenters. The van der Waals surface area contributed by atoms with Crippen molar-refractivity contribution in [1.29, 1.82) is 0 Å². The molecule has 0 bridgehead atoms. The molecule has 4 nitrogen and oxygen atoms in total. The van der Waals surface area contributed by atoms with Crippen LogP contribution in [0.25, 0.3) is 0 Å². The van der Waals surface area contributed by atoms with Crippen molar-refractivity contribution in [3.63, 3.8) is 0 Å². The van der Waals surface area contributed by atoms with Crippen LogP contribution in [0.3, 0.4) is 0 Å². The largest absolute Gasteiger partial charge is 0.497 e. The zero-order valence-electron chi connectivity index (χ0n) is 21.3. The molecule has 1 aromatic carbocycles. The van der Waals surface area contributed by atoms with E-state index in [2.05, 4.69) is 59.5 Å². The minimum absolute atomic E-state index is 0.159. The third-order valence-corrected chi connectivity index (χ3v) is 12.4. The van der Waals surface area contributed by atoms with E-state index in [1.54, 1.807) is 7.11 Å².